The number of nitrogens with zero attached hydrogens (tertiary/aromatic N) is 1. The van der Waals surface area contributed by atoms with E-state index in [0.29, 0.717) is 11.0 Å². The third-order valence-corrected chi connectivity index (χ3v) is 3.99. The molecule has 0 saturated carbocycles. The minimum atomic E-state index is -4.80. The van der Waals surface area contributed by atoms with Crippen molar-refractivity contribution in [1.29, 1.82) is 0 Å². The zero-order valence-corrected chi connectivity index (χ0v) is 14.4. The van der Waals surface area contributed by atoms with Gasteiger partial charge < -0.3 is 19.6 Å². The lowest BCUT2D eigenvalue weighted by molar-refractivity contribution is -0.870. The summed E-state index contributed by atoms with van der Waals surface area (Å²) in [6, 6.07) is 0. The number of aliphatic hydroxyl groups is 2. The lowest BCUT2D eigenvalue weighted by Gasteiger charge is -2.33. The molecule has 0 amide bonds. The molecule has 0 aliphatic carbocycles. The molecule has 0 radical (unpaired) electrons. The van der Waals surface area contributed by atoms with E-state index in [1.165, 1.54) is 0 Å². The summed E-state index contributed by atoms with van der Waals surface area (Å²) >= 11 is 0. The van der Waals surface area contributed by atoms with Crippen molar-refractivity contribution >= 4 is 19.4 Å². The van der Waals surface area contributed by atoms with Crippen LogP contribution in [0.5, 0.6) is 0 Å². The fourth-order valence-electron chi connectivity index (χ4n) is 1.67. The van der Waals surface area contributed by atoms with Crippen LogP contribution in [0.2, 0.25) is 0 Å². The summed E-state index contributed by atoms with van der Waals surface area (Å²) in [5, 5.41) is 18.7. The molecule has 0 aromatic carbocycles. The molecule has 10 heteroatoms. The fraction of sp³-hybridized carbons (Fsp3) is 0.833. The molecule has 0 aliphatic heterocycles. The van der Waals surface area contributed by atoms with Crippen LogP contribution in [0.4, 0.5) is 0 Å². The van der Waals surface area contributed by atoms with Crippen molar-refractivity contribution in [1.82, 2.24) is 0 Å². The van der Waals surface area contributed by atoms with Gasteiger partial charge in [0, 0.05) is 0 Å². The number of phosphoric ester groups is 1. The van der Waals surface area contributed by atoms with E-state index in [2.05, 4.69) is 4.52 Å². The minimum absolute atomic E-state index is 0.168. The molecule has 0 aromatic heterocycles. The number of Topliss-reactive ketones (excluding diaryl/α,β-unsaturated/α-hetero) is 2. The molecule has 0 rings (SSSR count). The van der Waals surface area contributed by atoms with Crippen LogP contribution in [0, 0.1) is 0 Å². The maximum Gasteiger partial charge on any atom is 0.473 e. The highest BCUT2D eigenvalue weighted by molar-refractivity contribution is 7.47. The number of hydrogen-bond acceptors (Lipinski definition) is 7. The number of quaternary nitrogens is 1. The first kappa shape index (κ1) is 21.3. The Morgan fingerprint density at radius 2 is 1.68 bits per heavy atom. The predicted octanol–water partition coefficient (Wildman–Crippen LogP) is -0.904. The number of ketones is 2. The normalized spacial score (nSPS) is 16.9. The number of aliphatic hydroxyl groups excluding tert-OH is 2. The first-order valence-corrected chi connectivity index (χ1v) is 8.07. The lowest BCUT2D eigenvalue weighted by atomic mass is 9.89. The maximum absolute atomic E-state index is 12.0. The van der Waals surface area contributed by atoms with Crippen molar-refractivity contribution in [3.8, 4) is 0 Å². The Morgan fingerprint density at radius 1 is 1.23 bits per heavy atom. The number of rotatable bonds is 10. The molecule has 9 nitrogen and oxygen atoms in total. The number of carbonyl (C=O) groups excluding carboxylic acids is 2. The zero-order valence-electron chi connectivity index (χ0n) is 13.5. The topological polar surface area (TPSA) is 130 Å². The summed E-state index contributed by atoms with van der Waals surface area (Å²) in [5.41, 5.74) is -2.64. The van der Waals surface area contributed by atoms with Gasteiger partial charge in [0.1, 0.15) is 19.3 Å². The molecule has 0 saturated heterocycles. The van der Waals surface area contributed by atoms with Gasteiger partial charge in [0.15, 0.2) is 11.6 Å². The van der Waals surface area contributed by atoms with Crippen molar-refractivity contribution in [3.05, 3.63) is 0 Å². The van der Waals surface area contributed by atoms with Gasteiger partial charge in [-0.1, -0.05) is 0 Å². The van der Waals surface area contributed by atoms with Crippen molar-refractivity contribution in [2.45, 2.75) is 25.6 Å². The molecule has 0 fully saturated rings. The summed E-state index contributed by atoms with van der Waals surface area (Å²) in [7, 11) is 0.695. The van der Waals surface area contributed by atoms with E-state index in [4.69, 9.17) is 9.63 Å². The second kappa shape index (κ2) is 7.74. The van der Waals surface area contributed by atoms with Gasteiger partial charge in [-0.25, -0.2) is 4.57 Å². The Labute approximate surface area is 129 Å². The van der Waals surface area contributed by atoms with Gasteiger partial charge in [-0.15, -0.1) is 0 Å². The zero-order chi connectivity index (χ0) is 17.8. The summed E-state index contributed by atoms with van der Waals surface area (Å²) in [4.78, 5) is 33.1. The highest BCUT2D eigenvalue weighted by Gasteiger charge is 2.53. The molecular weight excluding hydrogens is 317 g/mol. The quantitative estimate of drug-likeness (QED) is 0.264. The Kier molecular flexibility index (Phi) is 7.50. The summed E-state index contributed by atoms with van der Waals surface area (Å²) < 4.78 is 21.8. The van der Waals surface area contributed by atoms with Gasteiger partial charge in [-0.3, -0.25) is 18.6 Å². The van der Waals surface area contributed by atoms with E-state index in [0.717, 1.165) is 13.8 Å². The molecule has 0 aliphatic rings. The van der Waals surface area contributed by atoms with Crippen LogP contribution >= 0.6 is 7.82 Å². The van der Waals surface area contributed by atoms with Gasteiger partial charge in [0.25, 0.3) is 0 Å². The van der Waals surface area contributed by atoms with Gasteiger partial charge in [-0.2, -0.15) is 0 Å². The molecule has 2 atom stereocenters. The first-order valence-electron chi connectivity index (χ1n) is 6.58. The lowest BCUT2D eigenvalue weighted by Crippen LogP contribution is -2.57. The van der Waals surface area contributed by atoms with Crippen molar-refractivity contribution < 1.29 is 42.8 Å². The molecule has 0 bridgehead atoms. The molecule has 0 heterocycles. The Morgan fingerprint density at radius 3 is 2.00 bits per heavy atom. The molecule has 22 heavy (non-hydrogen) atoms. The molecule has 130 valence electrons. The summed E-state index contributed by atoms with van der Waals surface area (Å²) in [5.74, 6) is -2.02. The van der Waals surface area contributed by atoms with Gasteiger partial charge in [0.2, 0.25) is 5.60 Å². The van der Waals surface area contributed by atoms with Gasteiger partial charge in [-0.05, 0) is 13.8 Å². The van der Waals surface area contributed by atoms with Crippen LogP contribution < -0.4 is 0 Å². The van der Waals surface area contributed by atoms with Crippen molar-refractivity contribution in [3.63, 3.8) is 0 Å². The predicted molar refractivity (Wildman–Crippen MR) is 76.9 cm³/mol. The van der Waals surface area contributed by atoms with Crippen molar-refractivity contribution in [2.75, 3.05) is 40.9 Å². The van der Waals surface area contributed by atoms with Crippen LogP contribution in [0.1, 0.15) is 13.8 Å². The molecule has 1 unspecified atom stereocenters. The summed E-state index contributed by atoms with van der Waals surface area (Å²) in [6.45, 7) is 1.01. The number of carbonyl (C=O) groups is 2. The van der Waals surface area contributed by atoms with E-state index in [1.54, 1.807) is 0 Å². The average molecular weight is 342 g/mol. The smallest absolute Gasteiger partial charge is 0.394 e. The van der Waals surface area contributed by atoms with Crippen LogP contribution in [-0.4, -0.2) is 83.8 Å². The molecule has 0 spiro atoms. The van der Waals surface area contributed by atoms with Crippen LogP contribution in [0.15, 0.2) is 0 Å². The van der Waals surface area contributed by atoms with Crippen LogP contribution in [0.25, 0.3) is 0 Å². The minimum Gasteiger partial charge on any atom is -0.394 e. The SMILES string of the molecule is CC(=O)C(OP(=O)(O)OCC[N+](C)(C)C)(C(C)=O)[C@@H](O)CO. The number of hydrogen-bond donors (Lipinski definition) is 3. The van der Waals surface area contributed by atoms with Gasteiger partial charge >= 0.3 is 7.82 Å². The second-order valence-corrected chi connectivity index (χ2v) is 7.33. The maximum atomic E-state index is 12.0. The highest BCUT2D eigenvalue weighted by Crippen LogP contribution is 2.48. The van der Waals surface area contributed by atoms with Crippen LogP contribution in [-0.2, 0) is 23.2 Å². The third kappa shape index (κ3) is 5.85. The van der Waals surface area contributed by atoms with E-state index < -0.39 is 37.7 Å². The Hall–Kier alpha value is -0.670. The van der Waals surface area contributed by atoms with E-state index in [9.17, 15) is 24.2 Å². The average Bonchev–Trinajstić information content (AvgIpc) is 2.32. The highest BCUT2D eigenvalue weighted by atomic mass is 31.2. The monoisotopic (exact) mass is 342 g/mol. The first-order chi connectivity index (χ1) is 9.78. The summed E-state index contributed by atoms with van der Waals surface area (Å²) in [6.07, 6.45) is -1.98. The van der Waals surface area contributed by atoms with Gasteiger partial charge in [0.05, 0.1) is 27.7 Å². The molecule has 3 N–H and O–H groups in total. The van der Waals surface area contributed by atoms with E-state index in [1.807, 2.05) is 21.1 Å². The molecule has 0 aromatic rings. The second-order valence-electron chi connectivity index (χ2n) is 5.95. The third-order valence-electron chi connectivity index (χ3n) is 2.96. The Balaban J connectivity index is 5.26. The number of likely N-dealkylation sites (N-methyl/N-ethyl adjacent to an activating group) is 1. The molecular formula is C12H25NO8P+. The fourth-order valence-corrected chi connectivity index (χ4v) is 2.78. The number of phosphoric acid groups is 1. The largest absolute Gasteiger partial charge is 0.473 e. The Bertz CT molecular complexity index is 445. The van der Waals surface area contributed by atoms with Crippen LogP contribution in [0.3, 0.4) is 0 Å². The van der Waals surface area contributed by atoms with Crippen molar-refractivity contribution in [2.24, 2.45) is 0 Å². The van der Waals surface area contributed by atoms with E-state index >= 15 is 0 Å². The standard InChI is InChI=1S/C12H24NO8P/c1-9(15)12(10(2)16,11(17)8-14)21-22(18,19)20-7-6-13(3,4)5/h11,14,17H,6-8H2,1-5H3/p+1/t11-/m0/s1. The van der Waals surface area contributed by atoms with E-state index in [-0.39, 0.29) is 6.61 Å².